The molecule has 6 nitrogen and oxygen atoms in total. The van der Waals surface area contributed by atoms with E-state index < -0.39 is 17.9 Å². The molecule has 0 aliphatic rings. The molecule has 0 aliphatic carbocycles. The summed E-state index contributed by atoms with van der Waals surface area (Å²) in [5.74, 6) is -0.502. The van der Waals surface area contributed by atoms with Gasteiger partial charge in [0.25, 0.3) is 5.91 Å². The van der Waals surface area contributed by atoms with E-state index in [0.717, 1.165) is 22.3 Å². The van der Waals surface area contributed by atoms with Gasteiger partial charge in [0, 0.05) is 11.8 Å². The molecule has 0 heterocycles. The molecule has 0 aliphatic heterocycles. The van der Waals surface area contributed by atoms with Gasteiger partial charge in [-0.1, -0.05) is 69.5 Å². The third-order valence-corrected chi connectivity index (χ3v) is 6.47. The molecule has 3 aromatic carbocycles. The monoisotopic (exact) mass is 565 g/mol. The van der Waals surface area contributed by atoms with Crippen molar-refractivity contribution < 1.29 is 24.2 Å². The highest BCUT2D eigenvalue weighted by Gasteiger charge is 2.24. The maximum Gasteiger partial charge on any atom is 0.326 e. The second kappa shape index (κ2) is 11.6. The number of alkyl halides is 1. The highest BCUT2D eigenvalue weighted by Crippen LogP contribution is 2.40. The molecule has 0 radical (unpaired) electrons. The molecule has 0 bridgehead atoms. The molecule has 0 fully saturated rings. The van der Waals surface area contributed by atoms with Crippen LogP contribution < -0.4 is 14.8 Å². The summed E-state index contributed by atoms with van der Waals surface area (Å²) >= 11 is 15.6. The van der Waals surface area contributed by atoms with Crippen LogP contribution >= 0.6 is 39.1 Å². The summed E-state index contributed by atoms with van der Waals surface area (Å²) in [5, 5.41) is 13.1. The molecular weight excluding hydrogens is 545 g/mol. The Kier molecular flexibility index (Phi) is 8.83. The maximum atomic E-state index is 12.6. The SMILES string of the molecule is COc1cc(CBr)cc(OC)c1-c1ccc(C[C@H](NC(=O)c2c(Cl)cccc2Cl)C(=O)O)cc1. The molecule has 9 heteroatoms. The van der Waals surface area contributed by atoms with Crippen LogP contribution in [0, 0.1) is 0 Å². The van der Waals surface area contributed by atoms with Crippen molar-refractivity contribution in [2.75, 3.05) is 14.2 Å². The number of carboxylic acid groups (broad SMARTS) is 1. The van der Waals surface area contributed by atoms with Crippen molar-refractivity contribution in [1.29, 1.82) is 0 Å². The van der Waals surface area contributed by atoms with Crippen LogP contribution in [-0.2, 0) is 16.5 Å². The largest absolute Gasteiger partial charge is 0.496 e. The molecule has 2 N–H and O–H groups in total. The van der Waals surface area contributed by atoms with E-state index in [9.17, 15) is 14.7 Å². The number of methoxy groups -OCH3 is 2. The van der Waals surface area contributed by atoms with E-state index >= 15 is 0 Å². The topological polar surface area (TPSA) is 84.9 Å². The second-order valence-electron chi connectivity index (χ2n) is 7.37. The molecule has 1 atom stereocenters. The van der Waals surface area contributed by atoms with Gasteiger partial charge in [0.2, 0.25) is 0 Å². The van der Waals surface area contributed by atoms with Gasteiger partial charge in [-0.05, 0) is 41.0 Å². The van der Waals surface area contributed by atoms with Crippen molar-refractivity contribution in [1.82, 2.24) is 5.32 Å². The van der Waals surface area contributed by atoms with E-state index in [1.807, 2.05) is 24.3 Å². The molecular formula is C25H22BrCl2NO5. The Morgan fingerprint density at radius 1 is 0.971 bits per heavy atom. The van der Waals surface area contributed by atoms with Gasteiger partial charge in [-0.25, -0.2) is 4.79 Å². The van der Waals surface area contributed by atoms with Gasteiger partial charge in [0.1, 0.15) is 17.5 Å². The number of carbonyl (C=O) groups excluding carboxylic acids is 1. The zero-order valence-electron chi connectivity index (χ0n) is 18.4. The van der Waals surface area contributed by atoms with Gasteiger partial charge in [0.05, 0.1) is 35.4 Å². The lowest BCUT2D eigenvalue weighted by molar-refractivity contribution is -0.139. The zero-order chi connectivity index (χ0) is 24.8. The second-order valence-corrected chi connectivity index (χ2v) is 8.75. The highest BCUT2D eigenvalue weighted by molar-refractivity contribution is 9.08. The maximum absolute atomic E-state index is 12.6. The number of carbonyl (C=O) groups is 2. The minimum absolute atomic E-state index is 0.0403. The fourth-order valence-electron chi connectivity index (χ4n) is 3.52. The molecule has 0 spiro atoms. The first-order valence-electron chi connectivity index (χ1n) is 10.2. The quantitative estimate of drug-likeness (QED) is 0.310. The molecule has 0 aromatic heterocycles. The van der Waals surface area contributed by atoms with Crippen molar-refractivity contribution in [3.63, 3.8) is 0 Å². The Balaban J connectivity index is 1.84. The number of hydrogen-bond acceptors (Lipinski definition) is 4. The fraction of sp³-hybridized carbons (Fsp3) is 0.200. The summed E-state index contributed by atoms with van der Waals surface area (Å²) in [6, 6.07) is 14.6. The van der Waals surface area contributed by atoms with E-state index in [-0.39, 0.29) is 22.0 Å². The van der Waals surface area contributed by atoms with E-state index in [0.29, 0.717) is 16.8 Å². The van der Waals surface area contributed by atoms with Crippen molar-refractivity contribution >= 4 is 51.0 Å². The van der Waals surface area contributed by atoms with Crippen molar-refractivity contribution in [3.8, 4) is 22.6 Å². The smallest absolute Gasteiger partial charge is 0.326 e. The standard InChI is InChI=1S/C25H22BrCl2NO5/c1-33-20-11-15(13-26)12-21(34-2)22(20)16-8-6-14(7-9-16)10-19(25(31)32)29-24(30)23-17(27)4-3-5-18(23)28/h3-9,11-12,19H,10,13H2,1-2H3,(H,29,30)(H,31,32)/t19-/m0/s1. The van der Waals surface area contributed by atoms with E-state index in [2.05, 4.69) is 21.2 Å². The van der Waals surface area contributed by atoms with Crippen LogP contribution in [0.4, 0.5) is 0 Å². The summed E-state index contributed by atoms with van der Waals surface area (Å²) in [6.45, 7) is 0. The summed E-state index contributed by atoms with van der Waals surface area (Å²) in [5.41, 5.74) is 3.40. The number of rotatable bonds is 9. The van der Waals surface area contributed by atoms with E-state index in [1.165, 1.54) is 12.1 Å². The minimum atomic E-state index is -1.17. The number of benzene rings is 3. The van der Waals surface area contributed by atoms with E-state index in [4.69, 9.17) is 32.7 Å². The van der Waals surface area contributed by atoms with Gasteiger partial charge < -0.3 is 19.9 Å². The van der Waals surface area contributed by atoms with Crippen molar-refractivity contribution in [3.05, 3.63) is 81.3 Å². The number of carboxylic acids is 1. The molecule has 34 heavy (non-hydrogen) atoms. The van der Waals surface area contributed by atoms with Crippen LogP contribution in [0.3, 0.4) is 0 Å². The Bertz CT molecular complexity index is 1160. The van der Waals surface area contributed by atoms with Crippen LogP contribution in [0.15, 0.2) is 54.6 Å². The molecule has 3 aromatic rings. The van der Waals surface area contributed by atoms with Gasteiger partial charge in [0.15, 0.2) is 0 Å². The third kappa shape index (κ3) is 5.84. The number of aliphatic carboxylic acids is 1. The lowest BCUT2D eigenvalue weighted by Crippen LogP contribution is -2.42. The zero-order valence-corrected chi connectivity index (χ0v) is 21.5. The van der Waals surface area contributed by atoms with Crippen LogP contribution in [0.1, 0.15) is 21.5 Å². The predicted molar refractivity (Wildman–Crippen MR) is 137 cm³/mol. The molecule has 0 saturated carbocycles. The summed E-state index contributed by atoms with van der Waals surface area (Å²) in [4.78, 5) is 24.5. The number of ether oxygens (including phenoxy) is 2. The first kappa shape index (κ1) is 25.9. The minimum Gasteiger partial charge on any atom is -0.496 e. The van der Waals surface area contributed by atoms with E-state index in [1.54, 1.807) is 32.4 Å². The van der Waals surface area contributed by atoms with Crippen molar-refractivity contribution in [2.24, 2.45) is 0 Å². The highest BCUT2D eigenvalue weighted by atomic mass is 79.9. The van der Waals surface area contributed by atoms with Crippen LogP contribution in [0.2, 0.25) is 10.0 Å². The normalized spacial score (nSPS) is 11.6. The van der Waals surface area contributed by atoms with Crippen molar-refractivity contribution in [2.45, 2.75) is 17.8 Å². The number of amides is 1. The summed E-state index contributed by atoms with van der Waals surface area (Å²) < 4.78 is 11.1. The molecule has 1 amide bonds. The average Bonchev–Trinajstić information content (AvgIpc) is 2.83. The van der Waals surface area contributed by atoms with Gasteiger partial charge in [-0.2, -0.15) is 0 Å². The molecule has 0 saturated heterocycles. The average molecular weight is 567 g/mol. The predicted octanol–water partition coefficient (Wildman–Crippen LogP) is 6.00. The lowest BCUT2D eigenvalue weighted by Gasteiger charge is -2.17. The number of nitrogens with one attached hydrogen (secondary N) is 1. The summed E-state index contributed by atoms with van der Waals surface area (Å²) in [7, 11) is 3.19. The lowest BCUT2D eigenvalue weighted by atomic mass is 9.98. The Morgan fingerprint density at radius 2 is 1.53 bits per heavy atom. The Morgan fingerprint density at radius 3 is 2.00 bits per heavy atom. The number of halogens is 3. The Hall–Kier alpha value is -2.74. The molecule has 3 rings (SSSR count). The van der Waals surface area contributed by atoms with Crippen LogP contribution in [-0.4, -0.2) is 37.2 Å². The van der Waals surface area contributed by atoms with Crippen LogP contribution in [0.25, 0.3) is 11.1 Å². The molecule has 0 unspecified atom stereocenters. The summed E-state index contributed by atoms with van der Waals surface area (Å²) in [6.07, 6.45) is 0.0697. The van der Waals surface area contributed by atoms with Gasteiger partial charge in [-0.3, -0.25) is 4.79 Å². The number of hydrogen-bond donors (Lipinski definition) is 2. The fourth-order valence-corrected chi connectivity index (χ4v) is 4.41. The molecule has 178 valence electrons. The van der Waals surface area contributed by atoms with Crippen LogP contribution in [0.5, 0.6) is 11.5 Å². The first-order chi connectivity index (χ1) is 16.3. The van der Waals surface area contributed by atoms with Gasteiger partial charge >= 0.3 is 5.97 Å². The first-order valence-corrected chi connectivity index (χ1v) is 12.0. The van der Waals surface area contributed by atoms with Gasteiger partial charge in [-0.15, -0.1) is 0 Å². The third-order valence-electron chi connectivity index (χ3n) is 5.20. The Labute approximate surface area is 215 Å².